The van der Waals surface area contributed by atoms with Gasteiger partial charge in [0.05, 0.1) is 11.8 Å². The van der Waals surface area contributed by atoms with Gasteiger partial charge in [-0.15, -0.1) is 0 Å². The van der Waals surface area contributed by atoms with E-state index in [4.69, 9.17) is 8.83 Å². The summed E-state index contributed by atoms with van der Waals surface area (Å²) in [6, 6.07) is 17.8. The molecule has 0 bridgehead atoms. The zero-order valence-electron chi connectivity index (χ0n) is 14.3. The van der Waals surface area contributed by atoms with Gasteiger partial charge in [0, 0.05) is 10.9 Å². The maximum atomic E-state index is 12.6. The van der Waals surface area contributed by atoms with Crippen LogP contribution in [0.25, 0.3) is 33.4 Å². The van der Waals surface area contributed by atoms with Crippen molar-refractivity contribution in [2.75, 3.05) is 0 Å². The van der Waals surface area contributed by atoms with E-state index in [1.54, 1.807) is 6.26 Å². The minimum absolute atomic E-state index is 0.301. The third-order valence-electron chi connectivity index (χ3n) is 5.20. The molecule has 128 valence electrons. The molecule has 0 atom stereocenters. The Balaban J connectivity index is 1.62. The van der Waals surface area contributed by atoms with Crippen LogP contribution in [0.2, 0.25) is 0 Å². The third-order valence-corrected chi connectivity index (χ3v) is 5.20. The molecular weight excluding hydrogens is 324 g/mol. The van der Waals surface area contributed by atoms with E-state index in [0.29, 0.717) is 11.1 Å². The van der Waals surface area contributed by atoms with Crippen molar-refractivity contribution in [1.29, 1.82) is 0 Å². The molecule has 0 aliphatic heterocycles. The molecule has 2 aromatic carbocycles. The van der Waals surface area contributed by atoms with Crippen molar-refractivity contribution in [2.45, 2.75) is 25.7 Å². The Hall–Kier alpha value is -3.07. The van der Waals surface area contributed by atoms with Crippen LogP contribution in [0.3, 0.4) is 0 Å². The first kappa shape index (κ1) is 15.2. The highest BCUT2D eigenvalue weighted by molar-refractivity contribution is 5.85. The second-order valence-electron chi connectivity index (χ2n) is 6.87. The maximum Gasteiger partial charge on any atom is 0.344 e. The van der Waals surface area contributed by atoms with Crippen LogP contribution in [0.4, 0.5) is 0 Å². The Kier molecular flexibility index (Phi) is 3.52. The molecule has 0 radical (unpaired) electrons. The summed E-state index contributed by atoms with van der Waals surface area (Å²) in [5, 5.41) is 0.910. The molecular formula is C23H18O3. The molecule has 3 heteroatoms. The van der Waals surface area contributed by atoms with E-state index in [1.807, 2.05) is 42.5 Å². The Morgan fingerprint density at radius 2 is 1.65 bits per heavy atom. The molecule has 1 aliphatic carbocycles. The highest BCUT2D eigenvalue weighted by Gasteiger charge is 2.14. The Labute approximate surface area is 150 Å². The molecule has 0 fully saturated rings. The van der Waals surface area contributed by atoms with E-state index in [1.165, 1.54) is 24.0 Å². The Bertz CT molecular complexity index is 1150. The first-order chi connectivity index (χ1) is 12.8. The fourth-order valence-corrected chi connectivity index (χ4v) is 3.81. The molecule has 1 aliphatic rings. The van der Waals surface area contributed by atoms with E-state index in [2.05, 4.69) is 12.1 Å². The topological polar surface area (TPSA) is 43.4 Å². The lowest BCUT2D eigenvalue weighted by Crippen LogP contribution is -2.06. The molecule has 0 saturated heterocycles. The van der Waals surface area contributed by atoms with Crippen LogP contribution in [0, 0.1) is 0 Å². The molecule has 0 spiro atoms. The van der Waals surface area contributed by atoms with Gasteiger partial charge in [-0.1, -0.05) is 30.3 Å². The van der Waals surface area contributed by atoms with Crippen LogP contribution in [0.5, 0.6) is 0 Å². The zero-order valence-corrected chi connectivity index (χ0v) is 14.3. The van der Waals surface area contributed by atoms with E-state index >= 15 is 0 Å². The number of hydrogen-bond donors (Lipinski definition) is 0. The molecule has 0 unspecified atom stereocenters. The summed E-state index contributed by atoms with van der Waals surface area (Å²) in [6.07, 6.45) is 6.34. The van der Waals surface area contributed by atoms with Gasteiger partial charge in [0.2, 0.25) is 0 Å². The van der Waals surface area contributed by atoms with Gasteiger partial charge in [-0.05, 0) is 66.6 Å². The van der Waals surface area contributed by atoms with Gasteiger partial charge < -0.3 is 8.83 Å². The van der Waals surface area contributed by atoms with E-state index < -0.39 is 0 Å². The van der Waals surface area contributed by atoms with Crippen LogP contribution in [-0.2, 0) is 12.8 Å². The average molecular weight is 342 g/mol. The van der Waals surface area contributed by atoms with E-state index in [9.17, 15) is 4.79 Å². The summed E-state index contributed by atoms with van der Waals surface area (Å²) in [5.41, 5.74) is 5.50. The minimum Gasteiger partial charge on any atom is -0.464 e. The molecule has 0 amide bonds. The minimum atomic E-state index is -0.301. The fraction of sp³-hybridized carbons (Fsp3) is 0.174. The predicted molar refractivity (Wildman–Crippen MR) is 102 cm³/mol. The number of fused-ring (bicyclic) bond motifs is 2. The Morgan fingerprint density at radius 3 is 2.50 bits per heavy atom. The molecule has 5 rings (SSSR count). The monoisotopic (exact) mass is 342 g/mol. The lowest BCUT2D eigenvalue weighted by atomic mass is 9.89. The molecule has 4 aromatic rings. The smallest absolute Gasteiger partial charge is 0.344 e. The molecule has 26 heavy (non-hydrogen) atoms. The SMILES string of the molecule is O=c1oc2cc(-c3ccco3)ccc2cc1-c1ccc2c(c1)CCCC2. The molecule has 2 aromatic heterocycles. The summed E-state index contributed by atoms with van der Waals surface area (Å²) >= 11 is 0. The first-order valence-electron chi connectivity index (χ1n) is 9.02. The van der Waals surface area contributed by atoms with Crippen LogP contribution in [-0.4, -0.2) is 0 Å². The van der Waals surface area contributed by atoms with Crippen molar-refractivity contribution >= 4 is 11.0 Å². The first-order valence-corrected chi connectivity index (χ1v) is 9.02. The van der Waals surface area contributed by atoms with Gasteiger partial charge in [0.1, 0.15) is 11.3 Å². The summed E-state index contributed by atoms with van der Waals surface area (Å²) < 4.78 is 11.1. The van der Waals surface area contributed by atoms with Crippen molar-refractivity contribution in [1.82, 2.24) is 0 Å². The largest absolute Gasteiger partial charge is 0.464 e. The average Bonchev–Trinajstić information content (AvgIpc) is 3.21. The van der Waals surface area contributed by atoms with Crippen LogP contribution >= 0.6 is 0 Å². The number of benzene rings is 2. The standard InChI is InChI=1S/C23H18O3/c24-23-20(17-8-7-15-4-1-2-5-16(15)12-17)13-18-9-10-19(14-22(18)26-23)21-6-3-11-25-21/h3,6-14H,1-2,4-5H2. The van der Waals surface area contributed by atoms with Crippen LogP contribution in [0.15, 0.2) is 74.5 Å². The molecule has 0 saturated carbocycles. The highest BCUT2D eigenvalue weighted by atomic mass is 16.4. The van der Waals surface area contributed by atoms with Crippen molar-refractivity contribution in [2.24, 2.45) is 0 Å². The summed E-state index contributed by atoms with van der Waals surface area (Å²) in [7, 11) is 0. The number of hydrogen-bond acceptors (Lipinski definition) is 3. The number of aryl methyl sites for hydroxylation is 2. The molecule has 0 N–H and O–H groups in total. The van der Waals surface area contributed by atoms with E-state index in [0.717, 1.165) is 35.1 Å². The lowest BCUT2D eigenvalue weighted by molar-refractivity contribution is 0.562. The normalized spacial score (nSPS) is 13.7. The quantitative estimate of drug-likeness (QED) is 0.445. The van der Waals surface area contributed by atoms with Gasteiger partial charge in [0.25, 0.3) is 0 Å². The predicted octanol–water partition coefficient (Wildman–Crippen LogP) is 5.60. The van der Waals surface area contributed by atoms with Crippen molar-refractivity contribution < 1.29 is 8.83 Å². The van der Waals surface area contributed by atoms with Gasteiger partial charge in [-0.3, -0.25) is 0 Å². The van der Waals surface area contributed by atoms with Gasteiger partial charge in [-0.25, -0.2) is 4.79 Å². The summed E-state index contributed by atoms with van der Waals surface area (Å²) in [5.74, 6) is 0.758. The fourth-order valence-electron chi connectivity index (χ4n) is 3.81. The summed E-state index contributed by atoms with van der Waals surface area (Å²) in [4.78, 5) is 12.6. The highest BCUT2D eigenvalue weighted by Crippen LogP contribution is 2.29. The summed E-state index contributed by atoms with van der Waals surface area (Å²) in [6.45, 7) is 0. The molecule has 3 nitrogen and oxygen atoms in total. The molecule has 2 heterocycles. The van der Waals surface area contributed by atoms with E-state index in [-0.39, 0.29) is 5.63 Å². The maximum absolute atomic E-state index is 12.6. The van der Waals surface area contributed by atoms with Gasteiger partial charge in [-0.2, -0.15) is 0 Å². The third kappa shape index (κ3) is 2.57. The van der Waals surface area contributed by atoms with Crippen LogP contribution in [0.1, 0.15) is 24.0 Å². The number of rotatable bonds is 2. The second-order valence-corrected chi connectivity index (χ2v) is 6.87. The van der Waals surface area contributed by atoms with Crippen LogP contribution < -0.4 is 5.63 Å². The van der Waals surface area contributed by atoms with Crippen molar-refractivity contribution in [3.63, 3.8) is 0 Å². The number of furan rings is 1. The van der Waals surface area contributed by atoms with Gasteiger partial charge >= 0.3 is 5.63 Å². The second kappa shape index (κ2) is 6.03. The van der Waals surface area contributed by atoms with Crippen molar-refractivity contribution in [3.05, 3.63) is 82.4 Å². The lowest BCUT2D eigenvalue weighted by Gasteiger charge is -2.16. The Morgan fingerprint density at radius 1 is 0.808 bits per heavy atom. The van der Waals surface area contributed by atoms with Gasteiger partial charge in [0.15, 0.2) is 0 Å². The van der Waals surface area contributed by atoms with Crippen molar-refractivity contribution in [3.8, 4) is 22.5 Å². The zero-order chi connectivity index (χ0) is 17.5.